The summed E-state index contributed by atoms with van der Waals surface area (Å²) in [6.45, 7) is 1.58. The van der Waals surface area contributed by atoms with Gasteiger partial charge < -0.3 is 5.32 Å². The van der Waals surface area contributed by atoms with E-state index in [1.165, 1.54) is 19.1 Å². The maximum Gasteiger partial charge on any atom is 0.217 e. The Bertz CT molecular complexity index is 409. The number of carbonyl (C=O) groups excluding carboxylic acids is 1. The molecule has 0 unspecified atom stereocenters. The largest absolute Gasteiger partial charge is 0.353 e. The molecule has 0 aliphatic heterocycles. The van der Waals surface area contributed by atoms with Crippen molar-refractivity contribution in [1.82, 2.24) is 5.32 Å². The van der Waals surface area contributed by atoms with Crippen LogP contribution in [-0.2, 0) is 4.79 Å². The van der Waals surface area contributed by atoms with Crippen molar-refractivity contribution >= 4 is 23.6 Å². The van der Waals surface area contributed by atoms with Crippen molar-refractivity contribution in [1.29, 1.82) is 0 Å². The number of halogens is 3. The Balaban J connectivity index is 2.77. The minimum atomic E-state index is -0.732. The van der Waals surface area contributed by atoms with E-state index in [0.29, 0.717) is 0 Å². The first-order valence-electron chi connectivity index (χ1n) is 4.56. The number of hydrogen-bond donors (Lipinski definition) is 1. The van der Waals surface area contributed by atoms with Crippen molar-refractivity contribution in [3.05, 3.63) is 40.4 Å². The fraction of sp³-hybridized carbons (Fsp3) is 0.182. The minimum absolute atomic E-state index is 0.00834. The smallest absolute Gasteiger partial charge is 0.217 e. The van der Waals surface area contributed by atoms with Crippen molar-refractivity contribution in [3.8, 4) is 0 Å². The van der Waals surface area contributed by atoms with Crippen molar-refractivity contribution in [2.45, 2.75) is 6.92 Å². The third kappa shape index (κ3) is 3.62. The van der Waals surface area contributed by atoms with Crippen LogP contribution in [0.4, 0.5) is 8.78 Å². The second-order valence-electron chi connectivity index (χ2n) is 3.12. The molecule has 0 spiro atoms. The highest BCUT2D eigenvalue weighted by molar-refractivity contribution is 6.30. The summed E-state index contributed by atoms with van der Waals surface area (Å²) in [5.74, 6) is -1.67. The highest BCUT2D eigenvalue weighted by atomic mass is 35.5. The Morgan fingerprint density at radius 3 is 2.50 bits per heavy atom. The van der Waals surface area contributed by atoms with Gasteiger partial charge >= 0.3 is 0 Å². The van der Waals surface area contributed by atoms with E-state index in [2.05, 4.69) is 5.32 Å². The molecule has 0 radical (unpaired) electrons. The molecule has 86 valence electrons. The van der Waals surface area contributed by atoms with Gasteiger partial charge in [0.25, 0.3) is 0 Å². The fourth-order valence-corrected chi connectivity index (χ4v) is 1.28. The Labute approximate surface area is 96.9 Å². The summed E-state index contributed by atoms with van der Waals surface area (Å²) in [6, 6.07) is 2.06. The summed E-state index contributed by atoms with van der Waals surface area (Å²) in [6.07, 6.45) is 2.72. The quantitative estimate of drug-likeness (QED) is 0.872. The summed E-state index contributed by atoms with van der Waals surface area (Å²) < 4.78 is 26.5. The maximum absolute atomic E-state index is 13.2. The minimum Gasteiger partial charge on any atom is -0.353 e. The van der Waals surface area contributed by atoms with Crippen LogP contribution in [0.25, 0.3) is 6.08 Å². The molecule has 1 amide bonds. The zero-order chi connectivity index (χ0) is 12.1. The zero-order valence-electron chi connectivity index (χ0n) is 8.56. The van der Waals surface area contributed by atoms with Crippen LogP contribution in [0.1, 0.15) is 12.5 Å². The van der Waals surface area contributed by atoms with E-state index in [1.807, 2.05) is 0 Å². The summed E-state index contributed by atoms with van der Waals surface area (Å²) in [5.41, 5.74) is -0.172. The number of carbonyl (C=O) groups is 1. The van der Waals surface area contributed by atoms with Gasteiger partial charge in [0.1, 0.15) is 11.6 Å². The lowest BCUT2D eigenvalue weighted by molar-refractivity contribution is -0.118. The highest BCUT2D eigenvalue weighted by Gasteiger charge is 2.07. The molecule has 0 atom stereocenters. The van der Waals surface area contributed by atoms with E-state index in [0.717, 1.165) is 12.1 Å². The molecule has 0 saturated carbocycles. The van der Waals surface area contributed by atoms with Gasteiger partial charge in [0.2, 0.25) is 5.91 Å². The lowest BCUT2D eigenvalue weighted by Gasteiger charge is -2.00. The van der Waals surface area contributed by atoms with Crippen molar-refractivity contribution in [3.63, 3.8) is 0 Å². The van der Waals surface area contributed by atoms with Crippen LogP contribution in [0.15, 0.2) is 18.2 Å². The Hall–Kier alpha value is -1.42. The van der Waals surface area contributed by atoms with Crippen LogP contribution < -0.4 is 5.32 Å². The van der Waals surface area contributed by atoms with Gasteiger partial charge in [-0.25, -0.2) is 8.78 Å². The van der Waals surface area contributed by atoms with Crippen LogP contribution in [-0.4, -0.2) is 12.5 Å². The topological polar surface area (TPSA) is 29.1 Å². The Morgan fingerprint density at radius 1 is 1.44 bits per heavy atom. The molecule has 0 fully saturated rings. The summed E-state index contributed by atoms with van der Waals surface area (Å²) in [5, 5.41) is 2.48. The molecule has 0 saturated heterocycles. The van der Waals surface area contributed by atoms with Crippen molar-refractivity contribution < 1.29 is 13.6 Å². The second-order valence-corrected chi connectivity index (χ2v) is 3.56. The molecule has 0 heterocycles. The molecule has 1 aromatic rings. The monoisotopic (exact) mass is 245 g/mol. The van der Waals surface area contributed by atoms with Gasteiger partial charge in [-0.05, 0) is 12.1 Å². The molecule has 5 heteroatoms. The molecule has 1 N–H and O–H groups in total. The van der Waals surface area contributed by atoms with E-state index in [4.69, 9.17) is 11.6 Å². The molecule has 0 aliphatic rings. The average molecular weight is 246 g/mol. The summed E-state index contributed by atoms with van der Waals surface area (Å²) >= 11 is 5.46. The Kier molecular flexibility index (Phi) is 4.43. The predicted molar refractivity (Wildman–Crippen MR) is 59.1 cm³/mol. The molecule has 1 rings (SSSR count). The number of benzene rings is 1. The Morgan fingerprint density at radius 2 is 2.00 bits per heavy atom. The molecule has 16 heavy (non-hydrogen) atoms. The first-order valence-corrected chi connectivity index (χ1v) is 4.94. The summed E-state index contributed by atoms with van der Waals surface area (Å²) in [4.78, 5) is 10.5. The number of rotatable bonds is 3. The lowest BCUT2D eigenvalue weighted by atomic mass is 10.2. The molecule has 0 bridgehead atoms. The zero-order valence-corrected chi connectivity index (χ0v) is 9.31. The first-order chi connectivity index (χ1) is 7.50. The van der Waals surface area contributed by atoms with E-state index in [-0.39, 0.29) is 23.0 Å². The standard InChI is InChI=1S/C11H10ClF2NO/c1-7(16)15-4-2-3-9-10(13)5-8(12)6-11(9)14/h2-3,5-6H,4H2,1H3,(H,15,16). The number of amides is 1. The van der Waals surface area contributed by atoms with Crippen LogP contribution in [0.5, 0.6) is 0 Å². The average Bonchev–Trinajstić information content (AvgIpc) is 2.14. The molecule has 0 aromatic heterocycles. The fourth-order valence-electron chi connectivity index (χ4n) is 1.09. The third-order valence-corrected chi connectivity index (χ3v) is 2.02. The first kappa shape index (κ1) is 12.6. The van der Waals surface area contributed by atoms with Crippen molar-refractivity contribution in [2.75, 3.05) is 6.54 Å². The van der Waals surface area contributed by atoms with Crippen LogP contribution >= 0.6 is 11.6 Å². The molecule has 1 aromatic carbocycles. The normalized spacial score (nSPS) is 10.8. The van der Waals surface area contributed by atoms with Gasteiger partial charge in [0, 0.05) is 24.1 Å². The predicted octanol–water partition coefficient (Wildman–Crippen LogP) is 2.77. The third-order valence-electron chi connectivity index (χ3n) is 1.80. The SMILES string of the molecule is CC(=O)NCC=Cc1c(F)cc(Cl)cc1F. The van der Waals surface area contributed by atoms with Crippen LogP contribution in [0.2, 0.25) is 5.02 Å². The second kappa shape index (κ2) is 5.61. The lowest BCUT2D eigenvalue weighted by Crippen LogP contribution is -2.19. The van der Waals surface area contributed by atoms with Gasteiger partial charge in [0.15, 0.2) is 0 Å². The van der Waals surface area contributed by atoms with Gasteiger partial charge in [-0.3, -0.25) is 4.79 Å². The van der Waals surface area contributed by atoms with Gasteiger partial charge in [-0.1, -0.05) is 23.8 Å². The number of nitrogens with one attached hydrogen (secondary N) is 1. The maximum atomic E-state index is 13.2. The highest BCUT2D eigenvalue weighted by Crippen LogP contribution is 2.19. The van der Waals surface area contributed by atoms with Crippen LogP contribution in [0, 0.1) is 11.6 Å². The van der Waals surface area contributed by atoms with E-state index >= 15 is 0 Å². The van der Waals surface area contributed by atoms with Crippen LogP contribution in [0.3, 0.4) is 0 Å². The number of hydrogen-bond acceptors (Lipinski definition) is 1. The van der Waals surface area contributed by atoms with Gasteiger partial charge in [-0.15, -0.1) is 0 Å². The summed E-state index contributed by atoms with van der Waals surface area (Å²) in [7, 11) is 0. The van der Waals surface area contributed by atoms with E-state index in [9.17, 15) is 13.6 Å². The molecular formula is C11H10ClF2NO. The van der Waals surface area contributed by atoms with Crippen molar-refractivity contribution in [2.24, 2.45) is 0 Å². The van der Waals surface area contributed by atoms with Gasteiger partial charge in [0.05, 0.1) is 0 Å². The molecule has 2 nitrogen and oxygen atoms in total. The molecule has 0 aliphatic carbocycles. The molecular weight excluding hydrogens is 236 g/mol. The van der Waals surface area contributed by atoms with Gasteiger partial charge in [-0.2, -0.15) is 0 Å². The van der Waals surface area contributed by atoms with E-state index < -0.39 is 11.6 Å². The van der Waals surface area contributed by atoms with E-state index in [1.54, 1.807) is 0 Å².